The third kappa shape index (κ3) is 5.84. The van der Waals surface area contributed by atoms with Gasteiger partial charge in [0.05, 0.1) is 10.5 Å². The summed E-state index contributed by atoms with van der Waals surface area (Å²) in [5.74, 6) is -1.21. The molecule has 166 valence electrons. The van der Waals surface area contributed by atoms with Gasteiger partial charge in [-0.25, -0.2) is 13.2 Å². The maximum atomic E-state index is 12.8. The van der Waals surface area contributed by atoms with Gasteiger partial charge in [0.25, 0.3) is 5.91 Å². The first-order valence-corrected chi connectivity index (χ1v) is 11.9. The molecule has 0 aromatic heterocycles. The molecule has 3 rings (SSSR count). The van der Waals surface area contributed by atoms with Gasteiger partial charge in [-0.1, -0.05) is 30.5 Å². The number of anilines is 1. The fraction of sp³-hybridized carbons (Fsp3) is 0.364. The largest absolute Gasteiger partial charge is 0.452 e. The van der Waals surface area contributed by atoms with Crippen LogP contribution in [0.15, 0.2) is 47.4 Å². The summed E-state index contributed by atoms with van der Waals surface area (Å²) in [6.45, 7) is 2.31. The summed E-state index contributed by atoms with van der Waals surface area (Å²) in [6, 6.07) is 10.7. The molecule has 0 spiro atoms. The van der Waals surface area contributed by atoms with E-state index in [1.807, 2.05) is 0 Å². The van der Waals surface area contributed by atoms with E-state index in [0.29, 0.717) is 29.4 Å². The fourth-order valence-electron chi connectivity index (χ4n) is 3.34. The molecule has 0 bridgehead atoms. The number of halogens is 1. The molecule has 1 heterocycles. The van der Waals surface area contributed by atoms with Crippen LogP contribution in [-0.4, -0.2) is 44.3 Å². The number of benzene rings is 2. The first kappa shape index (κ1) is 23.2. The molecule has 7 nitrogen and oxygen atoms in total. The SMILES string of the molecule is Cc1c(Cl)cccc1NC(=O)COC(=O)c1ccc(S(=O)(=O)N2CCCCCC2)cc1. The van der Waals surface area contributed by atoms with E-state index >= 15 is 0 Å². The lowest BCUT2D eigenvalue weighted by molar-refractivity contribution is -0.119. The van der Waals surface area contributed by atoms with Crippen LogP contribution in [-0.2, 0) is 19.6 Å². The lowest BCUT2D eigenvalue weighted by Crippen LogP contribution is -2.31. The number of ether oxygens (including phenoxy) is 1. The van der Waals surface area contributed by atoms with Gasteiger partial charge in [0.1, 0.15) is 0 Å². The molecule has 31 heavy (non-hydrogen) atoms. The third-order valence-corrected chi connectivity index (χ3v) is 7.49. The number of carbonyl (C=O) groups excluding carboxylic acids is 2. The van der Waals surface area contributed by atoms with Gasteiger partial charge < -0.3 is 10.1 Å². The zero-order valence-electron chi connectivity index (χ0n) is 17.3. The molecule has 1 N–H and O–H groups in total. The standard InChI is InChI=1S/C22H25ClN2O5S/c1-16-19(23)7-6-8-20(16)24-21(26)15-30-22(27)17-9-11-18(12-10-17)31(28,29)25-13-4-2-3-5-14-25/h6-12H,2-5,13-15H2,1H3,(H,24,26). The zero-order chi connectivity index (χ0) is 22.4. The highest BCUT2D eigenvalue weighted by Gasteiger charge is 2.25. The molecule has 0 radical (unpaired) electrons. The lowest BCUT2D eigenvalue weighted by Gasteiger charge is -2.20. The van der Waals surface area contributed by atoms with Gasteiger partial charge in [0.2, 0.25) is 10.0 Å². The van der Waals surface area contributed by atoms with Gasteiger partial charge in [-0.3, -0.25) is 4.79 Å². The molecule has 1 aliphatic rings. The molecular formula is C22H25ClN2O5S. The highest BCUT2D eigenvalue weighted by Crippen LogP contribution is 2.23. The van der Waals surface area contributed by atoms with Crippen LogP contribution in [0.1, 0.15) is 41.6 Å². The molecule has 2 aromatic carbocycles. The van der Waals surface area contributed by atoms with E-state index in [4.69, 9.17) is 16.3 Å². The van der Waals surface area contributed by atoms with Crippen molar-refractivity contribution in [3.63, 3.8) is 0 Å². The number of nitrogens with zero attached hydrogens (tertiary/aromatic N) is 1. The molecule has 0 atom stereocenters. The topological polar surface area (TPSA) is 92.8 Å². The Morgan fingerprint density at radius 2 is 1.68 bits per heavy atom. The summed E-state index contributed by atoms with van der Waals surface area (Å²) in [5.41, 5.74) is 1.42. The van der Waals surface area contributed by atoms with Crippen LogP contribution >= 0.6 is 11.6 Å². The number of rotatable bonds is 6. The van der Waals surface area contributed by atoms with Crippen molar-refractivity contribution in [1.29, 1.82) is 0 Å². The minimum atomic E-state index is -3.59. The molecule has 2 aromatic rings. The van der Waals surface area contributed by atoms with Crippen molar-refractivity contribution >= 4 is 39.2 Å². The monoisotopic (exact) mass is 464 g/mol. The summed E-state index contributed by atoms with van der Waals surface area (Å²) in [4.78, 5) is 24.5. The van der Waals surface area contributed by atoms with Gasteiger partial charge >= 0.3 is 5.97 Å². The second-order valence-corrected chi connectivity index (χ2v) is 9.72. The minimum Gasteiger partial charge on any atom is -0.452 e. The Morgan fingerprint density at radius 1 is 1.03 bits per heavy atom. The van der Waals surface area contributed by atoms with E-state index in [9.17, 15) is 18.0 Å². The van der Waals surface area contributed by atoms with Gasteiger partial charge in [0.15, 0.2) is 6.61 Å². The first-order valence-electron chi connectivity index (χ1n) is 10.1. The Balaban J connectivity index is 1.58. The molecule has 1 saturated heterocycles. The van der Waals surface area contributed by atoms with Gasteiger partial charge in [0, 0.05) is 23.8 Å². The Labute approximate surface area is 187 Å². The van der Waals surface area contributed by atoms with Crippen molar-refractivity contribution in [1.82, 2.24) is 4.31 Å². The van der Waals surface area contributed by atoms with Crippen LogP contribution in [0.5, 0.6) is 0 Å². The number of carbonyl (C=O) groups is 2. The predicted molar refractivity (Wildman–Crippen MR) is 119 cm³/mol. The molecule has 0 saturated carbocycles. The Bertz CT molecular complexity index is 1050. The Hall–Kier alpha value is -2.42. The lowest BCUT2D eigenvalue weighted by atomic mass is 10.2. The number of hydrogen-bond acceptors (Lipinski definition) is 5. The molecule has 1 amide bonds. The summed E-state index contributed by atoms with van der Waals surface area (Å²) >= 11 is 6.02. The summed E-state index contributed by atoms with van der Waals surface area (Å²) in [6.07, 6.45) is 3.75. The molecule has 1 fully saturated rings. The van der Waals surface area contributed by atoms with Crippen molar-refractivity contribution in [2.75, 3.05) is 25.0 Å². The zero-order valence-corrected chi connectivity index (χ0v) is 18.8. The second-order valence-electron chi connectivity index (χ2n) is 7.38. The van der Waals surface area contributed by atoms with E-state index in [-0.39, 0.29) is 10.5 Å². The van der Waals surface area contributed by atoms with E-state index in [1.165, 1.54) is 28.6 Å². The van der Waals surface area contributed by atoms with Crippen LogP contribution < -0.4 is 5.32 Å². The van der Waals surface area contributed by atoms with Crippen molar-refractivity contribution in [2.24, 2.45) is 0 Å². The van der Waals surface area contributed by atoms with Crippen LogP contribution in [0, 0.1) is 6.92 Å². The van der Waals surface area contributed by atoms with Crippen molar-refractivity contribution < 1.29 is 22.7 Å². The third-order valence-electron chi connectivity index (χ3n) is 5.17. The quantitative estimate of drug-likeness (QED) is 0.652. The molecule has 1 aliphatic heterocycles. The maximum Gasteiger partial charge on any atom is 0.338 e. The average Bonchev–Trinajstić information content (AvgIpc) is 3.05. The van der Waals surface area contributed by atoms with Crippen LogP contribution in [0.4, 0.5) is 5.69 Å². The molecule has 9 heteroatoms. The number of sulfonamides is 1. The average molecular weight is 465 g/mol. The van der Waals surface area contributed by atoms with Gasteiger partial charge in [-0.2, -0.15) is 4.31 Å². The predicted octanol–water partition coefficient (Wildman–Crippen LogP) is 4.01. The number of nitrogens with one attached hydrogen (secondary N) is 1. The maximum absolute atomic E-state index is 12.8. The van der Waals surface area contributed by atoms with E-state index in [0.717, 1.165) is 25.7 Å². The van der Waals surface area contributed by atoms with E-state index in [2.05, 4.69) is 5.32 Å². The molecule has 0 unspecified atom stereocenters. The van der Waals surface area contributed by atoms with Crippen molar-refractivity contribution in [2.45, 2.75) is 37.5 Å². The highest BCUT2D eigenvalue weighted by atomic mass is 35.5. The number of hydrogen-bond donors (Lipinski definition) is 1. The Morgan fingerprint density at radius 3 is 2.32 bits per heavy atom. The van der Waals surface area contributed by atoms with Crippen LogP contribution in [0.3, 0.4) is 0 Å². The van der Waals surface area contributed by atoms with Gasteiger partial charge in [-0.05, 0) is 61.7 Å². The Kier molecular flexibility index (Phi) is 7.69. The van der Waals surface area contributed by atoms with Crippen LogP contribution in [0.25, 0.3) is 0 Å². The first-order chi connectivity index (χ1) is 14.8. The van der Waals surface area contributed by atoms with Crippen molar-refractivity contribution in [3.05, 3.63) is 58.6 Å². The number of esters is 1. The molecular weight excluding hydrogens is 440 g/mol. The van der Waals surface area contributed by atoms with Crippen molar-refractivity contribution in [3.8, 4) is 0 Å². The van der Waals surface area contributed by atoms with E-state index < -0.39 is 28.5 Å². The summed E-state index contributed by atoms with van der Waals surface area (Å²) in [7, 11) is -3.59. The summed E-state index contributed by atoms with van der Waals surface area (Å²) < 4.78 is 32.2. The normalized spacial score (nSPS) is 15.2. The summed E-state index contributed by atoms with van der Waals surface area (Å²) in [5, 5.41) is 3.16. The fourth-order valence-corrected chi connectivity index (χ4v) is 5.03. The minimum absolute atomic E-state index is 0.139. The van der Waals surface area contributed by atoms with Gasteiger partial charge in [-0.15, -0.1) is 0 Å². The van der Waals surface area contributed by atoms with Crippen LogP contribution in [0.2, 0.25) is 5.02 Å². The smallest absolute Gasteiger partial charge is 0.338 e. The number of amides is 1. The second kappa shape index (κ2) is 10.3. The van der Waals surface area contributed by atoms with E-state index in [1.54, 1.807) is 25.1 Å². The highest BCUT2D eigenvalue weighted by molar-refractivity contribution is 7.89. The molecule has 0 aliphatic carbocycles.